The Bertz CT molecular complexity index is 1000. The van der Waals surface area contributed by atoms with Crippen molar-refractivity contribution >= 4 is 33.9 Å². The molecule has 31 heavy (non-hydrogen) atoms. The van der Waals surface area contributed by atoms with Crippen LogP contribution in [0.25, 0.3) is 6.08 Å². The lowest BCUT2D eigenvalue weighted by molar-refractivity contribution is -0.124. The normalized spacial score (nSPS) is 18.4. The Morgan fingerprint density at radius 2 is 1.84 bits per heavy atom. The molecule has 2 aliphatic rings. The van der Waals surface area contributed by atoms with Crippen molar-refractivity contribution in [3.63, 3.8) is 0 Å². The largest absolute Gasteiger partial charge is 0.493 e. The molecule has 1 aliphatic carbocycles. The van der Waals surface area contributed by atoms with E-state index in [1.807, 2.05) is 36.4 Å². The number of methoxy groups -OCH3 is 1. The molecule has 1 aliphatic heterocycles. The molecule has 0 aromatic heterocycles. The molecule has 2 aromatic rings. The van der Waals surface area contributed by atoms with E-state index in [0.717, 1.165) is 47.7 Å². The molecular weight excluding hydrogens is 460 g/mol. The summed E-state index contributed by atoms with van der Waals surface area (Å²) in [5, 5.41) is 2.73. The van der Waals surface area contributed by atoms with E-state index in [2.05, 4.69) is 21.2 Å². The Hall–Kier alpha value is -2.80. The van der Waals surface area contributed by atoms with Crippen molar-refractivity contribution in [1.29, 1.82) is 0 Å². The molecule has 2 fully saturated rings. The van der Waals surface area contributed by atoms with Crippen molar-refractivity contribution in [3.05, 3.63) is 63.8 Å². The van der Waals surface area contributed by atoms with Gasteiger partial charge in [0, 0.05) is 10.5 Å². The van der Waals surface area contributed by atoms with Crippen molar-refractivity contribution in [2.45, 2.75) is 44.8 Å². The number of imide groups is 1. The number of amides is 3. The van der Waals surface area contributed by atoms with E-state index in [0.29, 0.717) is 18.1 Å². The number of benzene rings is 2. The highest BCUT2D eigenvalue weighted by Crippen LogP contribution is 2.36. The molecule has 1 saturated carbocycles. The molecule has 1 heterocycles. The molecule has 1 N–H and O–H groups in total. The first-order valence-electron chi connectivity index (χ1n) is 10.5. The van der Waals surface area contributed by atoms with Gasteiger partial charge >= 0.3 is 6.03 Å². The van der Waals surface area contributed by atoms with E-state index in [9.17, 15) is 9.59 Å². The Morgan fingerprint density at radius 1 is 1.10 bits per heavy atom. The molecule has 7 heteroatoms. The second-order valence-electron chi connectivity index (χ2n) is 7.75. The van der Waals surface area contributed by atoms with Crippen LogP contribution in [0.15, 0.2) is 52.6 Å². The van der Waals surface area contributed by atoms with E-state index in [-0.39, 0.29) is 23.7 Å². The van der Waals surface area contributed by atoms with Crippen molar-refractivity contribution in [2.75, 3.05) is 7.11 Å². The Kier molecular flexibility index (Phi) is 6.61. The maximum absolute atomic E-state index is 12.9. The topological polar surface area (TPSA) is 67.9 Å². The summed E-state index contributed by atoms with van der Waals surface area (Å²) in [5.41, 5.74) is 2.04. The molecule has 0 atom stereocenters. The second-order valence-corrected chi connectivity index (χ2v) is 8.61. The summed E-state index contributed by atoms with van der Waals surface area (Å²) in [7, 11) is 1.57. The van der Waals surface area contributed by atoms with Crippen molar-refractivity contribution in [2.24, 2.45) is 0 Å². The highest BCUT2D eigenvalue weighted by atomic mass is 79.9. The molecule has 0 radical (unpaired) electrons. The maximum atomic E-state index is 12.9. The lowest BCUT2D eigenvalue weighted by Gasteiger charge is -2.28. The fourth-order valence-electron chi connectivity index (χ4n) is 4.04. The van der Waals surface area contributed by atoms with Crippen LogP contribution >= 0.6 is 15.9 Å². The zero-order chi connectivity index (χ0) is 21.8. The van der Waals surface area contributed by atoms with Gasteiger partial charge in [-0.2, -0.15) is 0 Å². The zero-order valence-electron chi connectivity index (χ0n) is 17.4. The van der Waals surface area contributed by atoms with Gasteiger partial charge in [-0.25, -0.2) is 4.79 Å². The van der Waals surface area contributed by atoms with E-state index < -0.39 is 0 Å². The molecule has 4 rings (SSSR count). The van der Waals surface area contributed by atoms with E-state index >= 15 is 0 Å². The van der Waals surface area contributed by atoms with Gasteiger partial charge in [0.25, 0.3) is 5.91 Å². The minimum absolute atomic E-state index is 0.0149. The van der Waals surface area contributed by atoms with Crippen molar-refractivity contribution in [3.8, 4) is 11.5 Å². The number of urea groups is 1. The third kappa shape index (κ3) is 4.77. The summed E-state index contributed by atoms with van der Waals surface area (Å²) in [6, 6.07) is 13.1. The molecule has 0 unspecified atom stereocenters. The average Bonchev–Trinajstić information content (AvgIpc) is 3.07. The lowest BCUT2D eigenvalue weighted by Crippen LogP contribution is -2.41. The van der Waals surface area contributed by atoms with E-state index in [1.54, 1.807) is 19.3 Å². The van der Waals surface area contributed by atoms with Crippen molar-refractivity contribution in [1.82, 2.24) is 10.2 Å². The third-order valence-electron chi connectivity index (χ3n) is 5.67. The molecule has 2 aromatic carbocycles. The highest BCUT2D eigenvalue weighted by Gasteiger charge is 2.39. The summed E-state index contributed by atoms with van der Waals surface area (Å²) >= 11 is 3.55. The average molecular weight is 485 g/mol. The number of nitrogens with zero attached hydrogens (tertiary/aromatic N) is 1. The quantitative estimate of drug-likeness (QED) is 0.448. The van der Waals surface area contributed by atoms with Crippen LogP contribution < -0.4 is 14.8 Å². The van der Waals surface area contributed by atoms with Gasteiger partial charge in [-0.15, -0.1) is 0 Å². The van der Waals surface area contributed by atoms with Gasteiger partial charge in [-0.1, -0.05) is 65.5 Å². The summed E-state index contributed by atoms with van der Waals surface area (Å²) < 4.78 is 12.2. The van der Waals surface area contributed by atoms with Gasteiger partial charge in [-0.05, 0) is 42.2 Å². The Balaban J connectivity index is 1.54. The predicted octanol–water partition coefficient (Wildman–Crippen LogP) is 5.26. The first-order chi connectivity index (χ1) is 15.1. The molecule has 162 valence electrons. The zero-order valence-corrected chi connectivity index (χ0v) is 19.0. The summed E-state index contributed by atoms with van der Waals surface area (Å²) in [6.07, 6.45) is 6.68. The monoisotopic (exact) mass is 484 g/mol. The molecule has 3 amide bonds. The highest BCUT2D eigenvalue weighted by molar-refractivity contribution is 9.10. The third-order valence-corrected chi connectivity index (χ3v) is 6.36. The van der Waals surface area contributed by atoms with Crippen LogP contribution in [-0.2, 0) is 11.4 Å². The number of ether oxygens (including phenoxy) is 2. The first kappa shape index (κ1) is 21.4. The number of hydrogen-bond acceptors (Lipinski definition) is 4. The fraction of sp³-hybridized carbons (Fsp3) is 0.333. The SMILES string of the molecule is COc1cc(/C=C2\NC(=O)N(C3CCCCC3)C2=O)c(Br)cc1OCc1ccccc1. The Labute approximate surface area is 190 Å². The number of hydrogen-bond donors (Lipinski definition) is 1. The smallest absolute Gasteiger partial charge is 0.329 e. The number of halogens is 1. The van der Waals surface area contributed by atoms with Gasteiger partial charge in [0.15, 0.2) is 11.5 Å². The molecule has 6 nitrogen and oxygen atoms in total. The minimum Gasteiger partial charge on any atom is -0.493 e. The summed E-state index contributed by atoms with van der Waals surface area (Å²) in [5.74, 6) is 0.866. The standard InChI is InChI=1S/C24H25BrN2O4/c1-30-21-13-17(19(25)14-22(21)31-15-16-8-4-2-5-9-16)12-20-23(28)27(24(29)26-20)18-10-6-3-7-11-18/h2,4-5,8-9,12-14,18H,3,6-7,10-11,15H2,1H3,(H,26,29)/b20-12-. The van der Waals surface area contributed by atoms with Crippen LogP contribution in [0.4, 0.5) is 4.79 Å². The molecule has 0 bridgehead atoms. The lowest BCUT2D eigenvalue weighted by atomic mass is 9.94. The summed E-state index contributed by atoms with van der Waals surface area (Å²) in [6.45, 7) is 0.412. The minimum atomic E-state index is -0.339. The van der Waals surface area contributed by atoms with E-state index in [1.165, 1.54) is 4.90 Å². The van der Waals surface area contributed by atoms with Gasteiger partial charge in [0.2, 0.25) is 0 Å². The first-order valence-corrected chi connectivity index (χ1v) is 11.3. The van der Waals surface area contributed by atoms with Crippen LogP contribution in [0.1, 0.15) is 43.2 Å². The number of carbonyl (C=O) groups is 2. The van der Waals surface area contributed by atoms with E-state index in [4.69, 9.17) is 9.47 Å². The van der Waals surface area contributed by atoms with Crippen LogP contribution in [-0.4, -0.2) is 30.0 Å². The maximum Gasteiger partial charge on any atom is 0.329 e. The molecular formula is C24H25BrN2O4. The van der Waals surface area contributed by atoms with Crippen LogP contribution in [0.3, 0.4) is 0 Å². The van der Waals surface area contributed by atoms with Crippen LogP contribution in [0.2, 0.25) is 0 Å². The van der Waals surface area contributed by atoms with Gasteiger partial charge < -0.3 is 14.8 Å². The molecule has 1 saturated heterocycles. The Morgan fingerprint density at radius 3 is 2.55 bits per heavy atom. The van der Waals surface area contributed by atoms with Gasteiger partial charge in [0.05, 0.1) is 7.11 Å². The molecule has 0 spiro atoms. The van der Waals surface area contributed by atoms with Crippen molar-refractivity contribution < 1.29 is 19.1 Å². The second kappa shape index (κ2) is 9.56. The van der Waals surface area contributed by atoms with Crippen LogP contribution in [0, 0.1) is 0 Å². The van der Waals surface area contributed by atoms with Gasteiger partial charge in [0.1, 0.15) is 12.3 Å². The predicted molar refractivity (Wildman–Crippen MR) is 122 cm³/mol. The summed E-state index contributed by atoms with van der Waals surface area (Å²) in [4.78, 5) is 26.8. The van der Waals surface area contributed by atoms with Crippen LogP contribution in [0.5, 0.6) is 11.5 Å². The number of carbonyl (C=O) groups excluding carboxylic acids is 2. The number of nitrogens with one attached hydrogen (secondary N) is 1. The fourth-order valence-corrected chi connectivity index (χ4v) is 4.48. The number of rotatable bonds is 6. The van der Waals surface area contributed by atoms with Gasteiger partial charge in [-0.3, -0.25) is 9.69 Å².